The van der Waals surface area contributed by atoms with Crippen LogP contribution < -0.4 is 10.2 Å². The number of aromatic nitrogens is 3. The lowest BCUT2D eigenvalue weighted by atomic mass is 9.82. The van der Waals surface area contributed by atoms with Crippen molar-refractivity contribution >= 4 is 28.3 Å². The predicted molar refractivity (Wildman–Crippen MR) is 120 cm³/mol. The Bertz CT molecular complexity index is 933. The molecule has 0 aliphatic carbocycles. The minimum Gasteiger partial charge on any atom is -0.352 e. The van der Waals surface area contributed by atoms with Gasteiger partial charge in [0.2, 0.25) is 5.95 Å². The van der Waals surface area contributed by atoms with E-state index in [-0.39, 0.29) is 5.54 Å². The second-order valence-electron chi connectivity index (χ2n) is 8.84. The molecule has 0 unspecified atom stereocenters. The number of aryl methyl sites for hydroxylation is 2. The summed E-state index contributed by atoms with van der Waals surface area (Å²) in [7, 11) is 2.19. The second-order valence-corrected chi connectivity index (χ2v) is 9.65. The zero-order valence-electron chi connectivity index (χ0n) is 18.4. The molecule has 0 radical (unpaired) electrons. The smallest absolute Gasteiger partial charge is 0.229 e. The molecule has 30 heavy (non-hydrogen) atoms. The summed E-state index contributed by atoms with van der Waals surface area (Å²) in [5.41, 5.74) is 1.93. The number of hydrogen-bond donors (Lipinski definition) is 1. The standard InChI is InChI=1S/C21H30N8S/c1-14-9-23-20(24-18-8-15(2)26-30-18)25-19(14)28-12-21(13-28,6-7-22)29-10-16(3)27(5)17(4)11-29/h8-9,16-17H,6,10-13H2,1-5H3,(H,23,24,25)/t16-,17-/m1/s1. The van der Waals surface area contributed by atoms with Crippen LogP contribution in [0.1, 0.15) is 31.5 Å². The highest BCUT2D eigenvalue weighted by Gasteiger charge is 2.50. The molecule has 4 rings (SSSR count). The van der Waals surface area contributed by atoms with Gasteiger partial charge in [-0.05, 0) is 52.3 Å². The van der Waals surface area contributed by atoms with Crippen LogP contribution in [0.25, 0.3) is 0 Å². The Morgan fingerprint density at radius 1 is 1.27 bits per heavy atom. The van der Waals surface area contributed by atoms with Gasteiger partial charge in [0.15, 0.2) is 0 Å². The van der Waals surface area contributed by atoms with E-state index in [0.29, 0.717) is 24.5 Å². The van der Waals surface area contributed by atoms with E-state index >= 15 is 0 Å². The Morgan fingerprint density at radius 2 is 1.97 bits per heavy atom. The van der Waals surface area contributed by atoms with E-state index in [1.54, 1.807) is 0 Å². The molecule has 9 heteroatoms. The SMILES string of the molecule is Cc1cc(Nc2ncc(C)c(N3CC(CC#N)(N4C[C@@H](C)N(C)[C@H](C)C4)C3)n2)sn1. The van der Waals surface area contributed by atoms with E-state index in [9.17, 15) is 5.26 Å². The molecule has 0 aromatic carbocycles. The Kier molecular flexibility index (Phi) is 5.66. The van der Waals surface area contributed by atoms with Crippen LogP contribution in [0.5, 0.6) is 0 Å². The molecule has 2 fully saturated rings. The highest BCUT2D eigenvalue weighted by Crippen LogP contribution is 2.37. The van der Waals surface area contributed by atoms with Crippen LogP contribution in [-0.4, -0.2) is 75.0 Å². The van der Waals surface area contributed by atoms with Gasteiger partial charge in [-0.2, -0.15) is 14.6 Å². The third-order valence-electron chi connectivity index (χ3n) is 6.52. The molecule has 160 valence electrons. The van der Waals surface area contributed by atoms with Crippen molar-refractivity contribution in [3.8, 4) is 6.07 Å². The second kappa shape index (κ2) is 8.10. The Balaban J connectivity index is 1.51. The lowest BCUT2D eigenvalue weighted by molar-refractivity contribution is -0.0247. The van der Waals surface area contributed by atoms with Crippen LogP contribution in [0, 0.1) is 25.2 Å². The summed E-state index contributed by atoms with van der Waals surface area (Å²) in [5, 5.41) is 13.8. The molecule has 1 N–H and O–H groups in total. The summed E-state index contributed by atoms with van der Waals surface area (Å²) in [6.45, 7) is 12.2. The lowest BCUT2D eigenvalue weighted by Gasteiger charge is -2.59. The topological polar surface area (TPSA) is 84.2 Å². The zero-order valence-corrected chi connectivity index (χ0v) is 19.2. The van der Waals surface area contributed by atoms with Crippen molar-refractivity contribution in [2.45, 2.75) is 51.7 Å². The maximum absolute atomic E-state index is 9.56. The lowest BCUT2D eigenvalue weighted by Crippen LogP contribution is -2.74. The maximum atomic E-state index is 9.56. The molecular formula is C21H30N8S. The monoisotopic (exact) mass is 426 g/mol. The molecule has 4 heterocycles. The fourth-order valence-corrected chi connectivity index (χ4v) is 5.18. The number of nitriles is 1. The number of piperazine rings is 1. The van der Waals surface area contributed by atoms with Crippen LogP contribution >= 0.6 is 11.5 Å². The van der Waals surface area contributed by atoms with Crippen LogP contribution in [0.2, 0.25) is 0 Å². The zero-order chi connectivity index (χ0) is 21.5. The van der Waals surface area contributed by atoms with Gasteiger partial charge in [0.25, 0.3) is 0 Å². The van der Waals surface area contributed by atoms with Crippen LogP contribution in [-0.2, 0) is 0 Å². The third-order valence-corrected chi connectivity index (χ3v) is 7.31. The number of anilines is 3. The number of rotatable bonds is 5. The van der Waals surface area contributed by atoms with Crippen molar-refractivity contribution in [1.82, 2.24) is 24.1 Å². The van der Waals surface area contributed by atoms with Gasteiger partial charge in [-0.15, -0.1) is 0 Å². The minimum atomic E-state index is -0.0989. The van der Waals surface area contributed by atoms with Crippen molar-refractivity contribution in [3.05, 3.63) is 23.5 Å². The molecule has 0 bridgehead atoms. The van der Waals surface area contributed by atoms with Crippen molar-refractivity contribution in [2.24, 2.45) is 0 Å². The Labute approximate surface area is 182 Å². The average Bonchev–Trinajstić information content (AvgIpc) is 3.08. The highest BCUT2D eigenvalue weighted by atomic mass is 32.1. The number of nitrogens with one attached hydrogen (secondary N) is 1. The normalized spacial score (nSPS) is 24.3. The fourth-order valence-electron chi connectivity index (χ4n) is 4.52. The van der Waals surface area contributed by atoms with Gasteiger partial charge in [0.1, 0.15) is 10.8 Å². The largest absolute Gasteiger partial charge is 0.352 e. The van der Waals surface area contributed by atoms with E-state index in [1.165, 1.54) is 11.5 Å². The number of hydrogen-bond acceptors (Lipinski definition) is 9. The average molecular weight is 427 g/mol. The van der Waals surface area contributed by atoms with Gasteiger partial charge in [-0.25, -0.2) is 4.98 Å². The van der Waals surface area contributed by atoms with Crippen molar-refractivity contribution in [1.29, 1.82) is 5.26 Å². The summed E-state index contributed by atoms with van der Waals surface area (Å²) >= 11 is 1.41. The molecule has 0 amide bonds. The molecule has 2 aromatic rings. The summed E-state index contributed by atoms with van der Waals surface area (Å²) in [6.07, 6.45) is 2.41. The molecule has 2 aromatic heterocycles. The first-order valence-corrected chi connectivity index (χ1v) is 11.2. The fraction of sp³-hybridized carbons (Fsp3) is 0.619. The van der Waals surface area contributed by atoms with Gasteiger partial charge in [-0.3, -0.25) is 9.80 Å². The molecular weight excluding hydrogens is 396 g/mol. The van der Waals surface area contributed by atoms with Gasteiger partial charge in [0, 0.05) is 50.0 Å². The Hall–Kier alpha value is -2.28. The molecule has 2 atom stereocenters. The quantitative estimate of drug-likeness (QED) is 0.781. The first kappa shape index (κ1) is 21.0. The summed E-state index contributed by atoms with van der Waals surface area (Å²) in [4.78, 5) is 16.5. The van der Waals surface area contributed by atoms with Gasteiger partial charge in [-0.1, -0.05) is 0 Å². The molecule has 2 saturated heterocycles. The molecule has 0 saturated carbocycles. The van der Waals surface area contributed by atoms with E-state index in [2.05, 4.69) is 56.3 Å². The minimum absolute atomic E-state index is 0.0989. The highest BCUT2D eigenvalue weighted by molar-refractivity contribution is 7.10. The van der Waals surface area contributed by atoms with Crippen molar-refractivity contribution < 1.29 is 0 Å². The van der Waals surface area contributed by atoms with Gasteiger partial charge in [0.05, 0.1) is 23.7 Å². The number of nitrogens with zero attached hydrogens (tertiary/aromatic N) is 7. The van der Waals surface area contributed by atoms with Gasteiger partial charge < -0.3 is 10.2 Å². The molecule has 8 nitrogen and oxygen atoms in total. The molecule has 0 spiro atoms. The Morgan fingerprint density at radius 3 is 2.57 bits per heavy atom. The van der Waals surface area contributed by atoms with E-state index in [0.717, 1.165) is 48.3 Å². The van der Waals surface area contributed by atoms with Crippen LogP contribution in [0.3, 0.4) is 0 Å². The van der Waals surface area contributed by atoms with E-state index < -0.39 is 0 Å². The molecule has 2 aliphatic rings. The molecule has 2 aliphatic heterocycles. The number of likely N-dealkylation sites (N-methyl/N-ethyl adjacent to an activating group) is 1. The predicted octanol–water partition coefficient (Wildman–Crippen LogP) is 2.79. The van der Waals surface area contributed by atoms with Crippen molar-refractivity contribution in [2.75, 3.05) is 43.4 Å². The van der Waals surface area contributed by atoms with Crippen LogP contribution in [0.4, 0.5) is 16.8 Å². The summed E-state index contributed by atoms with van der Waals surface area (Å²) in [5.74, 6) is 1.52. The summed E-state index contributed by atoms with van der Waals surface area (Å²) in [6, 6.07) is 5.41. The van der Waals surface area contributed by atoms with E-state index in [4.69, 9.17) is 4.98 Å². The van der Waals surface area contributed by atoms with E-state index in [1.807, 2.05) is 26.1 Å². The third kappa shape index (κ3) is 3.87. The first-order chi connectivity index (χ1) is 14.3. The first-order valence-electron chi connectivity index (χ1n) is 10.4. The van der Waals surface area contributed by atoms with Crippen molar-refractivity contribution in [3.63, 3.8) is 0 Å². The van der Waals surface area contributed by atoms with Gasteiger partial charge >= 0.3 is 0 Å². The maximum Gasteiger partial charge on any atom is 0.229 e. The summed E-state index contributed by atoms with van der Waals surface area (Å²) < 4.78 is 4.30. The van der Waals surface area contributed by atoms with Crippen LogP contribution in [0.15, 0.2) is 12.3 Å².